The summed E-state index contributed by atoms with van der Waals surface area (Å²) < 4.78 is 5.96. The van der Waals surface area contributed by atoms with Crippen molar-refractivity contribution in [3.8, 4) is 17.0 Å². The van der Waals surface area contributed by atoms with Crippen LogP contribution >= 0.6 is 11.6 Å². The minimum atomic E-state index is -0.489. The highest BCUT2D eigenvalue weighted by molar-refractivity contribution is 6.30. The number of hydrogen-bond acceptors (Lipinski definition) is 6. The van der Waals surface area contributed by atoms with Gasteiger partial charge in [-0.2, -0.15) is 10.2 Å². The Hall–Kier alpha value is -4.50. The third kappa shape index (κ3) is 5.64. The molecule has 0 atom stereocenters. The lowest BCUT2D eigenvalue weighted by Gasteiger charge is -2.10. The molecule has 0 bridgehead atoms. The van der Waals surface area contributed by atoms with Gasteiger partial charge in [-0.25, -0.2) is 5.43 Å². The number of aromatic nitrogens is 2. The molecule has 0 aliphatic carbocycles. The maximum absolute atomic E-state index is 12.4. The number of benzene rings is 3. The zero-order chi connectivity index (χ0) is 23.9. The first-order valence-corrected chi connectivity index (χ1v) is 10.5. The van der Waals surface area contributed by atoms with Gasteiger partial charge in [0.2, 0.25) is 0 Å². The number of para-hydroxylation sites is 1. The molecule has 0 saturated carbocycles. The summed E-state index contributed by atoms with van der Waals surface area (Å²) in [6.07, 6.45) is 1.39. The summed E-state index contributed by atoms with van der Waals surface area (Å²) >= 11 is 5.92. The van der Waals surface area contributed by atoms with Crippen molar-refractivity contribution in [2.45, 2.75) is 6.61 Å². The smallest absolute Gasteiger partial charge is 0.289 e. The van der Waals surface area contributed by atoms with Crippen LogP contribution in [-0.2, 0) is 6.61 Å². The van der Waals surface area contributed by atoms with Gasteiger partial charge >= 0.3 is 0 Å². The number of aromatic amines is 1. The van der Waals surface area contributed by atoms with Crippen molar-refractivity contribution >= 4 is 29.4 Å². The van der Waals surface area contributed by atoms with E-state index in [0.29, 0.717) is 28.6 Å². The van der Waals surface area contributed by atoms with Crippen LogP contribution in [0.1, 0.15) is 21.6 Å². The number of amides is 1. The minimum absolute atomic E-state index is 0.0244. The highest BCUT2D eigenvalue weighted by Gasteiger charge is 2.14. The van der Waals surface area contributed by atoms with Gasteiger partial charge in [0.15, 0.2) is 0 Å². The van der Waals surface area contributed by atoms with Crippen LogP contribution in [0.25, 0.3) is 11.3 Å². The fourth-order valence-corrected chi connectivity index (χ4v) is 3.16. The molecule has 3 aromatic carbocycles. The number of hydrazone groups is 1. The Bertz CT molecular complexity index is 1330. The fraction of sp³-hybridized carbons (Fsp3) is 0.0417. The molecule has 34 heavy (non-hydrogen) atoms. The molecule has 2 N–H and O–H groups in total. The van der Waals surface area contributed by atoms with E-state index in [9.17, 15) is 14.9 Å². The number of carbonyl (C=O) groups is 1. The Morgan fingerprint density at radius 3 is 2.59 bits per heavy atom. The lowest BCUT2D eigenvalue weighted by molar-refractivity contribution is -0.384. The third-order valence-electron chi connectivity index (χ3n) is 4.78. The van der Waals surface area contributed by atoms with Crippen LogP contribution in [0, 0.1) is 10.1 Å². The number of nitrogens with one attached hydrogen (secondary N) is 2. The molecule has 4 rings (SSSR count). The average Bonchev–Trinajstić information content (AvgIpc) is 3.34. The second kappa shape index (κ2) is 10.4. The molecule has 10 heteroatoms. The summed E-state index contributed by atoms with van der Waals surface area (Å²) in [5.41, 5.74) is 5.41. The summed E-state index contributed by atoms with van der Waals surface area (Å²) in [5, 5.41) is 22.2. The number of nitro benzene ring substituents is 1. The van der Waals surface area contributed by atoms with E-state index in [1.807, 2.05) is 36.4 Å². The molecule has 0 fully saturated rings. The maximum Gasteiger partial charge on any atom is 0.289 e. The van der Waals surface area contributed by atoms with E-state index < -0.39 is 10.8 Å². The van der Waals surface area contributed by atoms with E-state index in [1.54, 1.807) is 18.2 Å². The SMILES string of the molecule is O=C(NN=Cc1ccc([N+](=O)[O-])cc1)c1cc(-c2ccccc2OCc2ccc(Cl)cc2)n[nH]1. The van der Waals surface area contributed by atoms with E-state index in [1.165, 1.54) is 30.5 Å². The quantitative estimate of drug-likeness (QED) is 0.211. The Morgan fingerprint density at radius 1 is 1.12 bits per heavy atom. The Kier molecular flexibility index (Phi) is 6.95. The summed E-state index contributed by atoms with van der Waals surface area (Å²) in [6.45, 7) is 0.351. The second-order valence-electron chi connectivity index (χ2n) is 7.13. The molecule has 1 amide bonds. The average molecular weight is 476 g/mol. The molecule has 0 radical (unpaired) electrons. The molecule has 0 unspecified atom stereocenters. The van der Waals surface area contributed by atoms with E-state index >= 15 is 0 Å². The van der Waals surface area contributed by atoms with Crippen LogP contribution in [0.2, 0.25) is 5.02 Å². The van der Waals surface area contributed by atoms with Gasteiger partial charge in [-0.15, -0.1) is 0 Å². The van der Waals surface area contributed by atoms with Gasteiger partial charge in [0.05, 0.1) is 16.8 Å². The summed E-state index contributed by atoms with van der Waals surface area (Å²) in [7, 11) is 0. The first-order valence-electron chi connectivity index (χ1n) is 10.1. The predicted molar refractivity (Wildman–Crippen MR) is 128 cm³/mol. The van der Waals surface area contributed by atoms with Crippen molar-refractivity contribution in [2.75, 3.05) is 0 Å². The topological polar surface area (TPSA) is 123 Å². The minimum Gasteiger partial charge on any atom is -0.488 e. The van der Waals surface area contributed by atoms with Gasteiger partial charge in [-0.05, 0) is 53.6 Å². The predicted octanol–water partition coefficient (Wildman–Crippen LogP) is 4.98. The van der Waals surface area contributed by atoms with Crippen molar-refractivity contribution in [3.63, 3.8) is 0 Å². The molecule has 9 nitrogen and oxygen atoms in total. The number of hydrogen-bond donors (Lipinski definition) is 2. The number of rotatable bonds is 8. The zero-order valence-electron chi connectivity index (χ0n) is 17.6. The third-order valence-corrected chi connectivity index (χ3v) is 5.03. The fourth-order valence-electron chi connectivity index (χ4n) is 3.03. The van der Waals surface area contributed by atoms with E-state index in [-0.39, 0.29) is 11.4 Å². The van der Waals surface area contributed by atoms with Crippen molar-refractivity contribution in [2.24, 2.45) is 5.10 Å². The largest absolute Gasteiger partial charge is 0.488 e. The van der Waals surface area contributed by atoms with Crippen molar-refractivity contribution in [1.82, 2.24) is 15.6 Å². The van der Waals surface area contributed by atoms with Crippen molar-refractivity contribution < 1.29 is 14.5 Å². The Morgan fingerprint density at radius 2 is 1.85 bits per heavy atom. The van der Waals surface area contributed by atoms with Gasteiger partial charge in [-0.3, -0.25) is 20.0 Å². The van der Waals surface area contributed by atoms with Crippen LogP contribution in [0.15, 0.2) is 84.0 Å². The van der Waals surface area contributed by atoms with E-state index in [2.05, 4.69) is 20.7 Å². The summed E-state index contributed by atoms with van der Waals surface area (Å²) in [4.78, 5) is 22.6. The first kappa shape index (κ1) is 22.7. The Labute approximate surface area is 199 Å². The highest BCUT2D eigenvalue weighted by Crippen LogP contribution is 2.29. The number of non-ortho nitro benzene ring substituents is 1. The molecule has 170 valence electrons. The van der Waals surface area contributed by atoms with Gasteiger partial charge in [0, 0.05) is 22.7 Å². The van der Waals surface area contributed by atoms with Crippen LogP contribution in [0.4, 0.5) is 5.69 Å². The molecule has 0 spiro atoms. The maximum atomic E-state index is 12.4. The number of carbonyl (C=O) groups excluding carboxylic acids is 1. The zero-order valence-corrected chi connectivity index (χ0v) is 18.4. The number of halogens is 1. The number of nitrogens with zero attached hydrogens (tertiary/aromatic N) is 3. The van der Waals surface area contributed by atoms with Gasteiger partial charge in [0.1, 0.15) is 18.1 Å². The van der Waals surface area contributed by atoms with Crippen LogP contribution in [0.3, 0.4) is 0 Å². The lowest BCUT2D eigenvalue weighted by Crippen LogP contribution is -2.18. The molecule has 4 aromatic rings. The summed E-state index contributed by atoms with van der Waals surface area (Å²) in [5.74, 6) is 0.128. The molecule has 1 heterocycles. The molecular weight excluding hydrogens is 458 g/mol. The second-order valence-corrected chi connectivity index (χ2v) is 7.56. The Balaban J connectivity index is 1.41. The van der Waals surface area contributed by atoms with Gasteiger partial charge < -0.3 is 4.74 Å². The summed E-state index contributed by atoms with van der Waals surface area (Å²) in [6, 6.07) is 22.1. The van der Waals surface area contributed by atoms with Crippen LogP contribution < -0.4 is 10.2 Å². The standard InChI is InChI=1S/C24H18ClN5O4/c25-18-9-5-17(6-10-18)15-34-23-4-2-1-3-20(23)21-13-22(28-27-21)24(31)29-26-14-16-7-11-19(12-8-16)30(32)33/h1-14H,15H2,(H,27,28)(H,29,31). The first-order chi connectivity index (χ1) is 16.5. The van der Waals surface area contributed by atoms with E-state index in [0.717, 1.165) is 11.1 Å². The molecule has 1 aromatic heterocycles. The van der Waals surface area contributed by atoms with Gasteiger partial charge in [0.25, 0.3) is 11.6 Å². The van der Waals surface area contributed by atoms with Gasteiger partial charge in [-0.1, -0.05) is 35.9 Å². The number of ether oxygens (including phenoxy) is 1. The monoisotopic (exact) mass is 475 g/mol. The normalized spacial score (nSPS) is 10.9. The van der Waals surface area contributed by atoms with Crippen molar-refractivity contribution in [3.05, 3.63) is 111 Å². The highest BCUT2D eigenvalue weighted by atomic mass is 35.5. The molecular formula is C24H18ClN5O4. The number of nitro groups is 1. The molecule has 0 saturated heterocycles. The van der Waals surface area contributed by atoms with Crippen LogP contribution in [0.5, 0.6) is 5.75 Å². The number of H-pyrrole nitrogens is 1. The van der Waals surface area contributed by atoms with Crippen LogP contribution in [-0.4, -0.2) is 27.2 Å². The molecule has 0 aliphatic rings. The molecule has 0 aliphatic heterocycles. The van der Waals surface area contributed by atoms with E-state index in [4.69, 9.17) is 16.3 Å². The lowest BCUT2D eigenvalue weighted by atomic mass is 10.1. The van der Waals surface area contributed by atoms with Crippen molar-refractivity contribution in [1.29, 1.82) is 0 Å².